The topological polar surface area (TPSA) is 12.5 Å². The molecule has 0 saturated carbocycles. The maximum Gasteiger partial charge on any atom is 0.251 e. The van der Waals surface area contributed by atoms with Crippen molar-refractivity contribution in [1.82, 2.24) is 4.90 Å². The lowest BCUT2D eigenvalue weighted by Gasteiger charge is -2.40. The number of hydrogen-bond donors (Lipinski definition) is 0. The SMILES string of the molecule is CC(C)O[C@@H](C)[C@@H]1CC(F)(F)CCN1C. The summed E-state index contributed by atoms with van der Waals surface area (Å²) in [7, 11) is 1.89. The maximum absolute atomic E-state index is 13.2. The van der Waals surface area contributed by atoms with Crippen LogP contribution in [0.5, 0.6) is 0 Å². The summed E-state index contributed by atoms with van der Waals surface area (Å²) >= 11 is 0. The monoisotopic (exact) mass is 221 g/mol. The first-order chi connectivity index (χ1) is 6.82. The van der Waals surface area contributed by atoms with Crippen LogP contribution in [0.3, 0.4) is 0 Å². The first-order valence-corrected chi connectivity index (χ1v) is 5.55. The van der Waals surface area contributed by atoms with Gasteiger partial charge in [0.25, 0.3) is 5.92 Å². The Bertz CT molecular complexity index is 209. The lowest BCUT2D eigenvalue weighted by atomic mass is 9.95. The van der Waals surface area contributed by atoms with E-state index in [2.05, 4.69) is 0 Å². The van der Waals surface area contributed by atoms with E-state index in [0.29, 0.717) is 6.54 Å². The molecule has 0 unspecified atom stereocenters. The van der Waals surface area contributed by atoms with Crippen molar-refractivity contribution in [2.24, 2.45) is 0 Å². The van der Waals surface area contributed by atoms with E-state index in [4.69, 9.17) is 4.74 Å². The standard InChI is InChI=1S/C11H21F2NO/c1-8(2)15-9(3)10-7-11(12,13)5-6-14(10)4/h8-10H,5-7H2,1-4H3/t9-,10-/m0/s1. The van der Waals surface area contributed by atoms with Gasteiger partial charge in [0.15, 0.2) is 0 Å². The number of nitrogens with zero attached hydrogens (tertiary/aromatic N) is 1. The number of hydrogen-bond acceptors (Lipinski definition) is 2. The highest BCUT2D eigenvalue weighted by Gasteiger charge is 2.41. The Hall–Kier alpha value is -0.220. The third-order valence-corrected chi connectivity index (χ3v) is 2.93. The van der Waals surface area contributed by atoms with Gasteiger partial charge < -0.3 is 9.64 Å². The van der Waals surface area contributed by atoms with Gasteiger partial charge in [-0.25, -0.2) is 8.78 Å². The minimum Gasteiger partial charge on any atom is -0.374 e. The summed E-state index contributed by atoms with van der Waals surface area (Å²) in [6.45, 7) is 6.18. The second-order valence-corrected chi connectivity index (χ2v) is 4.75. The van der Waals surface area contributed by atoms with Gasteiger partial charge in [0.2, 0.25) is 0 Å². The summed E-state index contributed by atoms with van der Waals surface area (Å²) in [6, 6.07) is -0.170. The third-order valence-electron chi connectivity index (χ3n) is 2.93. The molecule has 0 aromatic heterocycles. The summed E-state index contributed by atoms with van der Waals surface area (Å²) in [5.41, 5.74) is 0. The zero-order chi connectivity index (χ0) is 11.6. The molecule has 0 amide bonds. The number of halogens is 2. The lowest BCUT2D eigenvalue weighted by Crippen LogP contribution is -2.50. The van der Waals surface area contributed by atoms with Crippen molar-refractivity contribution in [2.75, 3.05) is 13.6 Å². The quantitative estimate of drug-likeness (QED) is 0.726. The Morgan fingerprint density at radius 2 is 1.93 bits per heavy atom. The van der Waals surface area contributed by atoms with Crippen molar-refractivity contribution in [1.29, 1.82) is 0 Å². The van der Waals surface area contributed by atoms with Crippen LogP contribution in [0.2, 0.25) is 0 Å². The van der Waals surface area contributed by atoms with Crippen LogP contribution in [0.15, 0.2) is 0 Å². The summed E-state index contributed by atoms with van der Waals surface area (Å²) in [5, 5.41) is 0. The van der Waals surface area contributed by atoms with E-state index in [1.807, 2.05) is 32.7 Å². The second-order valence-electron chi connectivity index (χ2n) is 4.75. The highest BCUT2D eigenvalue weighted by Crippen LogP contribution is 2.33. The van der Waals surface area contributed by atoms with Gasteiger partial charge in [-0.05, 0) is 27.8 Å². The molecule has 2 atom stereocenters. The minimum atomic E-state index is -2.52. The predicted molar refractivity (Wildman–Crippen MR) is 56.3 cm³/mol. The number of rotatable bonds is 3. The van der Waals surface area contributed by atoms with Crippen LogP contribution >= 0.6 is 0 Å². The normalized spacial score (nSPS) is 29.4. The number of likely N-dealkylation sites (tertiary alicyclic amines) is 1. The van der Waals surface area contributed by atoms with Gasteiger partial charge in [-0.2, -0.15) is 0 Å². The Labute approximate surface area is 90.6 Å². The largest absolute Gasteiger partial charge is 0.374 e. The molecule has 0 aromatic carbocycles. The minimum absolute atomic E-state index is 0.0333. The van der Waals surface area contributed by atoms with E-state index in [1.165, 1.54) is 0 Å². The second kappa shape index (κ2) is 4.74. The molecule has 1 heterocycles. The summed E-state index contributed by atoms with van der Waals surface area (Å²) in [6.07, 6.45) is -0.170. The van der Waals surface area contributed by atoms with Gasteiger partial charge in [0.1, 0.15) is 0 Å². The molecule has 1 saturated heterocycles. The van der Waals surface area contributed by atoms with Crippen LogP contribution in [0.4, 0.5) is 8.78 Å². The van der Waals surface area contributed by atoms with Crippen molar-refractivity contribution in [3.8, 4) is 0 Å². The fraction of sp³-hybridized carbons (Fsp3) is 1.00. The molecule has 2 nitrogen and oxygen atoms in total. The van der Waals surface area contributed by atoms with Gasteiger partial charge in [-0.1, -0.05) is 0 Å². The number of likely N-dealkylation sites (N-methyl/N-ethyl adjacent to an activating group) is 1. The number of piperidine rings is 1. The average Bonchev–Trinajstić information content (AvgIpc) is 2.08. The molecule has 0 spiro atoms. The third kappa shape index (κ3) is 3.68. The van der Waals surface area contributed by atoms with E-state index in [-0.39, 0.29) is 31.1 Å². The van der Waals surface area contributed by atoms with Crippen LogP contribution in [0, 0.1) is 0 Å². The van der Waals surface area contributed by atoms with Crippen LogP contribution in [0.1, 0.15) is 33.6 Å². The van der Waals surface area contributed by atoms with Crippen molar-refractivity contribution < 1.29 is 13.5 Å². The maximum atomic E-state index is 13.2. The van der Waals surface area contributed by atoms with Crippen molar-refractivity contribution >= 4 is 0 Å². The molecule has 1 fully saturated rings. The van der Waals surface area contributed by atoms with Crippen LogP contribution < -0.4 is 0 Å². The number of alkyl halides is 2. The molecule has 0 aliphatic carbocycles. The highest BCUT2D eigenvalue weighted by atomic mass is 19.3. The Morgan fingerprint density at radius 3 is 2.47 bits per heavy atom. The molecular formula is C11H21F2NO. The molecule has 4 heteroatoms. The Morgan fingerprint density at radius 1 is 1.33 bits per heavy atom. The summed E-state index contributed by atoms with van der Waals surface area (Å²) in [4.78, 5) is 1.98. The molecule has 1 aliphatic rings. The summed E-state index contributed by atoms with van der Waals surface area (Å²) in [5.74, 6) is -2.52. The Kier molecular flexibility index (Phi) is 4.06. The predicted octanol–water partition coefficient (Wildman–Crippen LogP) is 2.53. The zero-order valence-corrected chi connectivity index (χ0v) is 9.96. The average molecular weight is 221 g/mol. The Balaban J connectivity index is 2.57. The smallest absolute Gasteiger partial charge is 0.251 e. The van der Waals surface area contributed by atoms with E-state index < -0.39 is 5.92 Å². The van der Waals surface area contributed by atoms with Crippen LogP contribution in [-0.2, 0) is 4.74 Å². The van der Waals surface area contributed by atoms with E-state index >= 15 is 0 Å². The molecule has 0 aromatic rings. The van der Waals surface area contributed by atoms with Crippen molar-refractivity contribution in [3.05, 3.63) is 0 Å². The summed E-state index contributed by atoms with van der Waals surface area (Å²) < 4.78 is 32.1. The van der Waals surface area contributed by atoms with Gasteiger partial charge in [0.05, 0.1) is 12.2 Å². The molecular weight excluding hydrogens is 200 g/mol. The molecule has 90 valence electrons. The zero-order valence-electron chi connectivity index (χ0n) is 9.96. The number of ether oxygens (including phenoxy) is 1. The lowest BCUT2D eigenvalue weighted by molar-refractivity contribution is -0.114. The van der Waals surface area contributed by atoms with Gasteiger partial charge >= 0.3 is 0 Å². The molecule has 1 rings (SSSR count). The molecule has 1 aliphatic heterocycles. The first-order valence-electron chi connectivity index (χ1n) is 5.55. The molecule has 0 N–H and O–H groups in total. The highest BCUT2D eigenvalue weighted by molar-refractivity contribution is 4.88. The van der Waals surface area contributed by atoms with Gasteiger partial charge in [-0.3, -0.25) is 0 Å². The van der Waals surface area contributed by atoms with Crippen molar-refractivity contribution in [3.63, 3.8) is 0 Å². The van der Waals surface area contributed by atoms with E-state index in [9.17, 15) is 8.78 Å². The molecule has 0 bridgehead atoms. The molecule has 0 radical (unpaired) electrons. The van der Waals surface area contributed by atoms with E-state index in [0.717, 1.165) is 0 Å². The van der Waals surface area contributed by atoms with Crippen molar-refractivity contribution in [2.45, 2.75) is 57.8 Å². The fourth-order valence-corrected chi connectivity index (χ4v) is 2.11. The van der Waals surface area contributed by atoms with Gasteiger partial charge in [0, 0.05) is 25.4 Å². The van der Waals surface area contributed by atoms with E-state index in [1.54, 1.807) is 0 Å². The van der Waals surface area contributed by atoms with Crippen LogP contribution in [0.25, 0.3) is 0 Å². The fourth-order valence-electron chi connectivity index (χ4n) is 2.11. The molecule has 15 heavy (non-hydrogen) atoms. The van der Waals surface area contributed by atoms with Gasteiger partial charge in [-0.15, -0.1) is 0 Å². The first kappa shape index (κ1) is 12.8. The van der Waals surface area contributed by atoms with Crippen LogP contribution in [-0.4, -0.2) is 42.7 Å².